The number of hydrogen-bond donors (Lipinski definition) is 2. The Labute approximate surface area is 151 Å². The van der Waals surface area contributed by atoms with Gasteiger partial charge in [-0.1, -0.05) is 12.1 Å². The molecule has 0 aliphatic rings. The first kappa shape index (κ1) is 17.2. The molecule has 0 bridgehead atoms. The van der Waals surface area contributed by atoms with E-state index in [2.05, 4.69) is 15.6 Å². The van der Waals surface area contributed by atoms with Gasteiger partial charge in [0.2, 0.25) is 11.8 Å². The highest BCUT2D eigenvalue weighted by Gasteiger charge is 2.11. The molecule has 25 heavy (non-hydrogen) atoms. The SMILES string of the molecule is O=C(Cc1csc(NC(=O)Cc2cccs2)n1)Nc1cccc(F)c1. The molecule has 2 amide bonds. The van der Waals surface area contributed by atoms with E-state index in [0.717, 1.165) is 4.88 Å². The van der Waals surface area contributed by atoms with Crippen molar-refractivity contribution >= 4 is 45.3 Å². The van der Waals surface area contributed by atoms with E-state index in [-0.39, 0.29) is 18.2 Å². The molecule has 0 aliphatic heterocycles. The summed E-state index contributed by atoms with van der Waals surface area (Å²) in [6, 6.07) is 9.48. The minimum Gasteiger partial charge on any atom is -0.326 e. The number of amides is 2. The molecule has 3 aromatic rings. The van der Waals surface area contributed by atoms with Crippen LogP contribution in [0.4, 0.5) is 15.2 Å². The molecule has 2 N–H and O–H groups in total. The zero-order valence-corrected chi connectivity index (χ0v) is 14.6. The fourth-order valence-electron chi connectivity index (χ4n) is 2.12. The number of thiophene rings is 1. The maximum Gasteiger partial charge on any atom is 0.231 e. The van der Waals surface area contributed by atoms with E-state index in [4.69, 9.17) is 0 Å². The van der Waals surface area contributed by atoms with Crippen LogP contribution in [0.25, 0.3) is 0 Å². The molecule has 1 aromatic carbocycles. The van der Waals surface area contributed by atoms with Crippen molar-refractivity contribution in [2.75, 3.05) is 10.6 Å². The van der Waals surface area contributed by atoms with Gasteiger partial charge in [0.05, 0.1) is 18.5 Å². The van der Waals surface area contributed by atoms with Gasteiger partial charge in [-0.3, -0.25) is 9.59 Å². The molecule has 128 valence electrons. The first-order valence-electron chi connectivity index (χ1n) is 7.40. The largest absolute Gasteiger partial charge is 0.326 e. The number of anilines is 2. The zero-order valence-electron chi connectivity index (χ0n) is 13.0. The van der Waals surface area contributed by atoms with E-state index < -0.39 is 5.82 Å². The summed E-state index contributed by atoms with van der Waals surface area (Å²) < 4.78 is 13.1. The van der Waals surface area contributed by atoms with Gasteiger partial charge >= 0.3 is 0 Å². The Morgan fingerprint density at radius 1 is 1.04 bits per heavy atom. The summed E-state index contributed by atoms with van der Waals surface area (Å²) in [6.45, 7) is 0. The number of rotatable bonds is 6. The van der Waals surface area contributed by atoms with E-state index in [0.29, 0.717) is 22.9 Å². The molecule has 2 heterocycles. The van der Waals surface area contributed by atoms with Crippen LogP contribution in [-0.4, -0.2) is 16.8 Å². The molecular formula is C17H14FN3O2S2. The summed E-state index contributed by atoms with van der Waals surface area (Å²) in [5.41, 5.74) is 0.940. The fraction of sp³-hybridized carbons (Fsp3) is 0.118. The Balaban J connectivity index is 1.52. The number of thiazole rings is 1. The van der Waals surface area contributed by atoms with Gasteiger partial charge in [0.1, 0.15) is 5.82 Å². The van der Waals surface area contributed by atoms with Crippen LogP contribution in [0.2, 0.25) is 0 Å². The molecule has 0 aliphatic carbocycles. The quantitative estimate of drug-likeness (QED) is 0.690. The van der Waals surface area contributed by atoms with E-state index in [1.165, 1.54) is 40.9 Å². The molecule has 3 rings (SSSR count). The summed E-state index contributed by atoms with van der Waals surface area (Å²) in [5.74, 6) is -0.859. The van der Waals surface area contributed by atoms with Crippen molar-refractivity contribution in [1.29, 1.82) is 0 Å². The number of nitrogens with one attached hydrogen (secondary N) is 2. The highest BCUT2D eigenvalue weighted by atomic mass is 32.1. The highest BCUT2D eigenvalue weighted by molar-refractivity contribution is 7.14. The average molecular weight is 375 g/mol. The predicted octanol–water partition coefficient (Wildman–Crippen LogP) is 3.71. The molecule has 5 nitrogen and oxygen atoms in total. The highest BCUT2D eigenvalue weighted by Crippen LogP contribution is 2.18. The number of aromatic nitrogens is 1. The van der Waals surface area contributed by atoms with Crippen molar-refractivity contribution in [2.24, 2.45) is 0 Å². The molecule has 0 spiro atoms. The Bertz CT molecular complexity index is 878. The van der Waals surface area contributed by atoms with Crippen LogP contribution in [0, 0.1) is 5.82 Å². The van der Waals surface area contributed by atoms with Crippen LogP contribution in [0.1, 0.15) is 10.6 Å². The van der Waals surface area contributed by atoms with Gasteiger partial charge in [0, 0.05) is 15.9 Å². The monoisotopic (exact) mass is 375 g/mol. The second-order valence-electron chi connectivity index (χ2n) is 5.18. The van der Waals surface area contributed by atoms with Crippen molar-refractivity contribution in [3.05, 3.63) is 63.5 Å². The normalized spacial score (nSPS) is 10.4. The van der Waals surface area contributed by atoms with Crippen LogP contribution < -0.4 is 10.6 Å². The third-order valence-corrected chi connectivity index (χ3v) is 4.85. The summed E-state index contributed by atoms with van der Waals surface area (Å²) in [7, 11) is 0. The van der Waals surface area contributed by atoms with Crippen molar-refractivity contribution in [1.82, 2.24) is 4.98 Å². The Morgan fingerprint density at radius 3 is 2.64 bits per heavy atom. The van der Waals surface area contributed by atoms with Crippen molar-refractivity contribution < 1.29 is 14.0 Å². The van der Waals surface area contributed by atoms with Gasteiger partial charge in [-0.15, -0.1) is 22.7 Å². The fourth-order valence-corrected chi connectivity index (χ4v) is 3.55. The lowest BCUT2D eigenvalue weighted by molar-refractivity contribution is -0.116. The van der Waals surface area contributed by atoms with E-state index >= 15 is 0 Å². The van der Waals surface area contributed by atoms with E-state index in [9.17, 15) is 14.0 Å². The van der Waals surface area contributed by atoms with Crippen LogP contribution >= 0.6 is 22.7 Å². The predicted molar refractivity (Wildman–Crippen MR) is 97.5 cm³/mol. The number of hydrogen-bond acceptors (Lipinski definition) is 5. The Hall–Kier alpha value is -2.58. The maximum absolute atomic E-state index is 13.1. The van der Waals surface area contributed by atoms with Gasteiger partial charge in [-0.25, -0.2) is 9.37 Å². The lowest BCUT2D eigenvalue weighted by atomic mass is 10.3. The number of benzene rings is 1. The molecule has 0 radical (unpaired) electrons. The van der Waals surface area contributed by atoms with Gasteiger partial charge in [-0.2, -0.15) is 0 Å². The summed E-state index contributed by atoms with van der Waals surface area (Å²) in [4.78, 5) is 29.1. The molecule has 0 atom stereocenters. The summed E-state index contributed by atoms with van der Waals surface area (Å²) >= 11 is 2.78. The Morgan fingerprint density at radius 2 is 1.88 bits per heavy atom. The molecule has 0 unspecified atom stereocenters. The molecule has 2 aromatic heterocycles. The van der Waals surface area contributed by atoms with Crippen LogP contribution in [0.3, 0.4) is 0 Å². The lowest BCUT2D eigenvalue weighted by Gasteiger charge is -2.03. The molecule has 0 saturated heterocycles. The Kier molecular flexibility index (Phi) is 5.52. The minimum absolute atomic E-state index is 0.0494. The number of carbonyl (C=O) groups excluding carboxylic acids is 2. The molecular weight excluding hydrogens is 361 g/mol. The van der Waals surface area contributed by atoms with E-state index in [1.54, 1.807) is 11.4 Å². The molecule has 0 fully saturated rings. The van der Waals surface area contributed by atoms with Crippen molar-refractivity contribution in [3.63, 3.8) is 0 Å². The third-order valence-electron chi connectivity index (χ3n) is 3.16. The van der Waals surface area contributed by atoms with Gasteiger partial charge in [0.25, 0.3) is 0 Å². The number of nitrogens with zero attached hydrogens (tertiary/aromatic N) is 1. The maximum atomic E-state index is 13.1. The molecule has 8 heteroatoms. The van der Waals surface area contributed by atoms with Crippen LogP contribution in [0.15, 0.2) is 47.2 Å². The van der Waals surface area contributed by atoms with Gasteiger partial charge < -0.3 is 10.6 Å². The van der Waals surface area contributed by atoms with Gasteiger partial charge in [0.15, 0.2) is 5.13 Å². The average Bonchev–Trinajstić information content (AvgIpc) is 3.19. The first-order valence-corrected chi connectivity index (χ1v) is 9.16. The molecule has 0 saturated carbocycles. The summed E-state index contributed by atoms with van der Waals surface area (Å²) in [5, 5.41) is 9.42. The first-order chi connectivity index (χ1) is 12.1. The second-order valence-corrected chi connectivity index (χ2v) is 7.07. The number of carbonyl (C=O) groups is 2. The summed E-state index contributed by atoms with van der Waals surface area (Å²) in [6.07, 6.45) is 0.348. The second kappa shape index (κ2) is 8.00. The van der Waals surface area contributed by atoms with Crippen molar-refractivity contribution in [3.8, 4) is 0 Å². The standard InChI is InChI=1S/C17H14FN3O2S2/c18-11-3-1-4-12(7-11)19-15(22)8-13-10-25-17(20-13)21-16(23)9-14-5-2-6-24-14/h1-7,10H,8-9H2,(H,19,22)(H,20,21,23). The topological polar surface area (TPSA) is 71.1 Å². The minimum atomic E-state index is -0.415. The number of halogens is 1. The zero-order chi connectivity index (χ0) is 17.6. The van der Waals surface area contributed by atoms with Crippen molar-refractivity contribution in [2.45, 2.75) is 12.8 Å². The van der Waals surface area contributed by atoms with E-state index in [1.807, 2.05) is 17.5 Å². The smallest absolute Gasteiger partial charge is 0.231 e. The van der Waals surface area contributed by atoms with Crippen LogP contribution in [-0.2, 0) is 22.4 Å². The van der Waals surface area contributed by atoms with Crippen LogP contribution in [0.5, 0.6) is 0 Å². The van der Waals surface area contributed by atoms with Gasteiger partial charge in [-0.05, 0) is 29.6 Å². The third kappa shape index (κ3) is 5.20. The lowest BCUT2D eigenvalue weighted by Crippen LogP contribution is -2.15.